The number of pyridine rings is 1. The molecule has 3 N–H and O–H groups in total. The van der Waals surface area contributed by atoms with Crippen LogP contribution < -0.4 is 11.1 Å². The molecule has 0 atom stereocenters. The fourth-order valence-corrected chi connectivity index (χ4v) is 2.41. The predicted molar refractivity (Wildman–Crippen MR) is 88.5 cm³/mol. The maximum Gasteiger partial charge on any atom is 0.252 e. The van der Waals surface area contributed by atoms with Crippen molar-refractivity contribution in [1.82, 2.24) is 10.3 Å². The van der Waals surface area contributed by atoms with Gasteiger partial charge in [0.1, 0.15) is 5.82 Å². The first-order chi connectivity index (χ1) is 11.2. The van der Waals surface area contributed by atoms with Gasteiger partial charge in [-0.05, 0) is 36.4 Å². The van der Waals surface area contributed by atoms with Crippen molar-refractivity contribution in [2.45, 2.75) is 0 Å². The van der Waals surface area contributed by atoms with E-state index in [-0.39, 0.29) is 11.7 Å². The summed E-state index contributed by atoms with van der Waals surface area (Å²) in [6.07, 6.45) is 0. The summed E-state index contributed by atoms with van der Waals surface area (Å²) in [5.41, 5.74) is 8.07. The summed E-state index contributed by atoms with van der Waals surface area (Å²) in [5.74, 6) is -0.507. The molecule has 3 rings (SSSR count). The Morgan fingerprint density at radius 2 is 1.87 bits per heavy atom. The minimum absolute atomic E-state index is 0.197. The summed E-state index contributed by atoms with van der Waals surface area (Å²) >= 11 is 0. The van der Waals surface area contributed by atoms with Crippen molar-refractivity contribution >= 4 is 16.8 Å². The van der Waals surface area contributed by atoms with E-state index in [9.17, 15) is 9.18 Å². The van der Waals surface area contributed by atoms with Crippen LogP contribution in [-0.2, 0) is 0 Å². The van der Waals surface area contributed by atoms with Gasteiger partial charge in [-0.1, -0.05) is 18.2 Å². The van der Waals surface area contributed by atoms with Crippen LogP contribution in [0.25, 0.3) is 22.2 Å². The molecule has 2 aromatic carbocycles. The number of carbonyl (C=O) groups is 1. The molecule has 1 aromatic heterocycles. The topological polar surface area (TPSA) is 68.0 Å². The van der Waals surface area contributed by atoms with Gasteiger partial charge in [0.25, 0.3) is 5.91 Å². The highest BCUT2D eigenvalue weighted by molar-refractivity contribution is 6.07. The van der Waals surface area contributed by atoms with Gasteiger partial charge in [0.05, 0.1) is 16.8 Å². The largest absolute Gasteiger partial charge is 0.351 e. The van der Waals surface area contributed by atoms with Crippen LogP contribution in [-0.4, -0.2) is 24.0 Å². The van der Waals surface area contributed by atoms with Gasteiger partial charge in [-0.3, -0.25) is 4.79 Å². The minimum Gasteiger partial charge on any atom is -0.351 e. The van der Waals surface area contributed by atoms with Gasteiger partial charge < -0.3 is 11.1 Å². The lowest BCUT2D eigenvalue weighted by atomic mass is 10.0. The average molecular weight is 309 g/mol. The number of hydrogen-bond acceptors (Lipinski definition) is 3. The van der Waals surface area contributed by atoms with Crippen LogP contribution in [0, 0.1) is 5.82 Å². The Bertz CT molecular complexity index is 847. The third-order valence-corrected chi connectivity index (χ3v) is 3.53. The number of rotatable bonds is 4. The molecule has 0 aliphatic carbocycles. The number of fused-ring (bicyclic) bond motifs is 1. The number of benzene rings is 2. The van der Waals surface area contributed by atoms with Gasteiger partial charge >= 0.3 is 0 Å². The summed E-state index contributed by atoms with van der Waals surface area (Å²) < 4.78 is 13.1. The van der Waals surface area contributed by atoms with Crippen LogP contribution in [0.5, 0.6) is 0 Å². The lowest BCUT2D eigenvalue weighted by Gasteiger charge is -2.10. The summed E-state index contributed by atoms with van der Waals surface area (Å²) in [6.45, 7) is 0.779. The molecular weight excluding hydrogens is 293 g/mol. The van der Waals surface area contributed by atoms with Crippen molar-refractivity contribution in [2.24, 2.45) is 5.73 Å². The second-order valence-corrected chi connectivity index (χ2v) is 5.12. The highest BCUT2D eigenvalue weighted by Crippen LogP contribution is 2.25. The second kappa shape index (κ2) is 6.54. The molecule has 0 fully saturated rings. The second-order valence-electron chi connectivity index (χ2n) is 5.12. The van der Waals surface area contributed by atoms with Crippen molar-refractivity contribution in [1.29, 1.82) is 0 Å². The molecule has 0 saturated heterocycles. The minimum atomic E-state index is -0.310. The smallest absolute Gasteiger partial charge is 0.252 e. The number of nitrogens with one attached hydrogen (secondary N) is 1. The molecule has 3 aromatic rings. The molecular formula is C18H16FN3O. The molecule has 0 aliphatic heterocycles. The number of halogens is 1. The van der Waals surface area contributed by atoms with E-state index in [0.29, 0.717) is 29.9 Å². The van der Waals surface area contributed by atoms with E-state index >= 15 is 0 Å². The van der Waals surface area contributed by atoms with E-state index in [1.807, 2.05) is 24.3 Å². The molecule has 0 aliphatic rings. The van der Waals surface area contributed by atoms with Gasteiger partial charge in [-0.15, -0.1) is 0 Å². The molecule has 1 heterocycles. The molecule has 23 heavy (non-hydrogen) atoms. The predicted octanol–water partition coefficient (Wildman–Crippen LogP) is 2.73. The number of nitrogens with zero attached hydrogens (tertiary/aromatic N) is 1. The lowest BCUT2D eigenvalue weighted by Crippen LogP contribution is -2.29. The Labute approximate surface area is 133 Å². The van der Waals surface area contributed by atoms with Gasteiger partial charge in [0.2, 0.25) is 0 Å². The maximum atomic E-state index is 13.1. The molecule has 0 radical (unpaired) electrons. The average Bonchev–Trinajstić information content (AvgIpc) is 2.59. The van der Waals surface area contributed by atoms with E-state index in [1.54, 1.807) is 18.2 Å². The Balaban J connectivity index is 2.13. The summed E-state index contributed by atoms with van der Waals surface area (Å²) in [7, 11) is 0. The van der Waals surface area contributed by atoms with Gasteiger partial charge in [0.15, 0.2) is 0 Å². The van der Waals surface area contributed by atoms with Crippen molar-refractivity contribution in [2.75, 3.05) is 13.1 Å². The summed E-state index contributed by atoms with van der Waals surface area (Å²) in [6, 6.07) is 15.2. The third kappa shape index (κ3) is 3.19. The molecule has 5 heteroatoms. The number of amides is 1. The molecule has 1 amide bonds. The van der Waals surface area contributed by atoms with Gasteiger partial charge in [0, 0.05) is 24.0 Å². The van der Waals surface area contributed by atoms with Crippen LogP contribution in [0.15, 0.2) is 54.6 Å². The first kappa shape index (κ1) is 15.1. The Kier molecular flexibility index (Phi) is 4.30. The molecule has 0 unspecified atom stereocenters. The van der Waals surface area contributed by atoms with E-state index in [2.05, 4.69) is 10.3 Å². The highest BCUT2D eigenvalue weighted by Gasteiger charge is 2.13. The van der Waals surface area contributed by atoms with Crippen LogP contribution in [0.3, 0.4) is 0 Å². The Morgan fingerprint density at radius 1 is 1.13 bits per heavy atom. The summed E-state index contributed by atoms with van der Waals surface area (Å²) in [5, 5.41) is 3.55. The van der Waals surface area contributed by atoms with E-state index in [4.69, 9.17) is 5.73 Å². The summed E-state index contributed by atoms with van der Waals surface area (Å²) in [4.78, 5) is 17.0. The van der Waals surface area contributed by atoms with Crippen molar-refractivity contribution in [3.05, 3.63) is 66.0 Å². The number of nitrogens with two attached hydrogens (primary N) is 1. The molecule has 0 bridgehead atoms. The highest BCUT2D eigenvalue weighted by atomic mass is 19.1. The zero-order chi connectivity index (χ0) is 16.2. The normalized spacial score (nSPS) is 10.7. The number of para-hydroxylation sites is 1. The third-order valence-electron chi connectivity index (χ3n) is 3.53. The zero-order valence-corrected chi connectivity index (χ0v) is 12.4. The molecule has 116 valence electrons. The van der Waals surface area contributed by atoms with Crippen LogP contribution in [0.1, 0.15) is 10.4 Å². The van der Waals surface area contributed by atoms with Crippen LogP contribution in [0.4, 0.5) is 4.39 Å². The van der Waals surface area contributed by atoms with Gasteiger partial charge in [-0.2, -0.15) is 0 Å². The first-order valence-electron chi connectivity index (χ1n) is 7.33. The number of hydrogen-bond donors (Lipinski definition) is 2. The monoisotopic (exact) mass is 309 g/mol. The van der Waals surface area contributed by atoms with Crippen LogP contribution in [0.2, 0.25) is 0 Å². The molecule has 4 nitrogen and oxygen atoms in total. The van der Waals surface area contributed by atoms with Crippen molar-refractivity contribution in [3.8, 4) is 11.3 Å². The van der Waals surface area contributed by atoms with Crippen molar-refractivity contribution in [3.63, 3.8) is 0 Å². The zero-order valence-electron chi connectivity index (χ0n) is 12.4. The van der Waals surface area contributed by atoms with E-state index in [1.165, 1.54) is 12.1 Å². The van der Waals surface area contributed by atoms with Crippen molar-refractivity contribution < 1.29 is 9.18 Å². The quantitative estimate of drug-likeness (QED) is 0.778. The Hall–Kier alpha value is -2.79. The van der Waals surface area contributed by atoms with Crippen LogP contribution >= 0.6 is 0 Å². The van der Waals surface area contributed by atoms with E-state index in [0.717, 1.165) is 10.9 Å². The maximum absolute atomic E-state index is 13.1. The first-order valence-corrected chi connectivity index (χ1v) is 7.33. The lowest BCUT2D eigenvalue weighted by molar-refractivity contribution is 0.0956. The standard InChI is InChI=1S/C18H16FN3O/c19-13-7-5-12(6-8-13)17-11-15(18(23)21-10-9-20)14-3-1-2-4-16(14)22-17/h1-8,11H,9-10,20H2,(H,21,23). The van der Waals surface area contributed by atoms with E-state index < -0.39 is 0 Å². The number of aromatic nitrogens is 1. The fourth-order valence-electron chi connectivity index (χ4n) is 2.41. The fraction of sp³-hybridized carbons (Fsp3) is 0.111. The SMILES string of the molecule is NCCNC(=O)c1cc(-c2ccc(F)cc2)nc2ccccc12. The number of carbonyl (C=O) groups excluding carboxylic acids is 1. The Morgan fingerprint density at radius 3 is 2.61 bits per heavy atom. The van der Waals surface area contributed by atoms with Gasteiger partial charge in [-0.25, -0.2) is 9.37 Å². The molecule has 0 spiro atoms. The molecule has 0 saturated carbocycles.